The second-order valence-corrected chi connectivity index (χ2v) is 13.4. The van der Waals surface area contributed by atoms with Crippen molar-refractivity contribution in [2.75, 3.05) is 4.90 Å². The molecule has 2 heterocycles. The normalized spacial score (nSPS) is 13.4. The van der Waals surface area contributed by atoms with Crippen LogP contribution in [0.4, 0.5) is 11.4 Å². The molecule has 0 fully saturated rings. The Morgan fingerprint density at radius 1 is 0.519 bits per heavy atom. The van der Waals surface area contributed by atoms with Crippen LogP contribution >= 0.6 is 0 Å². The third-order valence-corrected chi connectivity index (χ3v) is 10.0. The van der Waals surface area contributed by atoms with Crippen molar-refractivity contribution in [3.05, 3.63) is 198 Å². The Morgan fingerprint density at radius 3 is 1.83 bits per heavy atom. The highest BCUT2D eigenvalue weighted by molar-refractivity contribution is 5.92. The predicted molar refractivity (Wildman–Crippen MR) is 219 cm³/mol. The molecule has 1 aliphatic heterocycles. The highest BCUT2D eigenvalue weighted by Gasteiger charge is 2.23. The van der Waals surface area contributed by atoms with E-state index >= 15 is 0 Å². The van der Waals surface area contributed by atoms with Crippen molar-refractivity contribution in [1.82, 2.24) is 15.0 Å². The van der Waals surface area contributed by atoms with Crippen molar-refractivity contribution in [2.45, 2.75) is 19.3 Å². The topological polar surface area (TPSA) is 65.7 Å². The van der Waals surface area contributed by atoms with Crippen LogP contribution in [0.1, 0.15) is 35.4 Å². The van der Waals surface area contributed by atoms with E-state index in [1.54, 1.807) is 0 Å². The summed E-state index contributed by atoms with van der Waals surface area (Å²) < 4.78 is 0. The van der Waals surface area contributed by atoms with Crippen LogP contribution in [0.25, 0.3) is 56.3 Å². The van der Waals surface area contributed by atoms with E-state index in [1.807, 2.05) is 42.5 Å². The molecule has 54 heavy (non-hydrogen) atoms. The van der Waals surface area contributed by atoms with Crippen LogP contribution in [0.2, 0.25) is 0 Å². The largest absolute Gasteiger partial charge is 0.310 e. The van der Waals surface area contributed by atoms with Gasteiger partial charge < -0.3 is 4.90 Å². The van der Waals surface area contributed by atoms with Crippen molar-refractivity contribution in [1.29, 1.82) is 5.26 Å². The third-order valence-electron chi connectivity index (χ3n) is 10.0. The van der Waals surface area contributed by atoms with E-state index in [2.05, 4.69) is 144 Å². The van der Waals surface area contributed by atoms with Gasteiger partial charge in [0.1, 0.15) is 0 Å². The summed E-state index contributed by atoms with van der Waals surface area (Å²) >= 11 is 0. The van der Waals surface area contributed by atoms with Gasteiger partial charge in [0.2, 0.25) is 0 Å². The highest BCUT2D eigenvalue weighted by Crippen LogP contribution is 2.42. The number of aromatic nitrogens is 3. The molecule has 1 aliphatic carbocycles. The minimum absolute atomic E-state index is 0.612. The van der Waals surface area contributed by atoms with Crippen LogP contribution in [0.5, 0.6) is 0 Å². The van der Waals surface area contributed by atoms with E-state index in [9.17, 15) is 5.26 Å². The number of fused-ring (bicyclic) bond motifs is 1. The van der Waals surface area contributed by atoms with Crippen molar-refractivity contribution >= 4 is 22.6 Å². The summed E-state index contributed by atoms with van der Waals surface area (Å²) in [4.78, 5) is 17.1. The summed E-state index contributed by atoms with van der Waals surface area (Å²) in [5.41, 5.74) is 13.5. The van der Waals surface area contributed by atoms with E-state index in [0.29, 0.717) is 23.0 Å². The molecule has 7 aromatic rings. The Balaban J connectivity index is 1.07. The van der Waals surface area contributed by atoms with Crippen LogP contribution in [-0.4, -0.2) is 15.0 Å². The molecule has 0 atom stereocenters. The average molecular weight is 694 g/mol. The monoisotopic (exact) mass is 693 g/mol. The van der Waals surface area contributed by atoms with Gasteiger partial charge in [-0.3, -0.25) is 0 Å². The van der Waals surface area contributed by atoms with Gasteiger partial charge in [-0.1, -0.05) is 146 Å². The second-order valence-electron chi connectivity index (χ2n) is 13.4. The van der Waals surface area contributed by atoms with Crippen LogP contribution < -0.4 is 4.90 Å². The zero-order valence-electron chi connectivity index (χ0n) is 29.6. The lowest BCUT2D eigenvalue weighted by Gasteiger charge is -2.33. The molecule has 2 aliphatic rings. The highest BCUT2D eigenvalue weighted by atomic mass is 15.2. The molecule has 256 valence electrons. The predicted octanol–water partition coefficient (Wildman–Crippen LogP) is 11.9. The summed E-state index contributed by atoms with van der Waals surface area (Å²) in [5, 5.41) is 9.90. The van der Waals surface area contributed by atoms with Crippen LogP contribution in [0, 0.1) is 11.3 Å². The third kappa shape index (κ3) is 6.42. The maximum Gasteiger partial charge on any atom is 0.164 e. The molecule has 0 radical (unpaired) electrons. The number of rotatable bonds is 7. The number of nitriles is 1. The first-order valence-electron chi connectivity index (χ1n) is 18.3. The number of anilines is 2. The molecule has 0 saturated carbocycles. The number of hydrogen-bond acceptors (Lipinski definition) is 5. The number of hydrogen-bond donors (Lipinski definition) is 0. The summed E-state index contributed by atoms with van der Waals surface area (Å²) in [6, 6.07) is 54.6. The number of nitrogens with zero attached hydrogens (tertiary/aromatic N) is 5. The van der Waals surface area contributed by atoms with Gasteiger partial charge in [0.05, 0.1) is 11.6 Å². The van der Waals surface area contributed by atoms with Crippen molar-refractivity contribution in [3.8, 4) is 51.1 Å². The minimum Gasteiger partial charge on any atom is -0.310 e. The Bertz CT molecular complexity index is 2610. The Kier molecular flexibility index (Phi) is 8.76. The zero-order valence-corrected chi connectivity index (χ0v) is 29.6. The number of benzene rings is 6. The van der Waals surface area contributed by atoms with Gasteiger partial charge in [0.15, 0.2) is 17.5 Å². The summed E-state index contributed by atoms with van der Waals surface area (Å²) in [7, 11) is 0. The molecule has 0 unspecified atom stereocenters. The van der Waals surface area contributed by atoms with Gasteiger partial charge in [-0.05, 0) is 83.0 Å². The quantitative estimate of drug-likeness (QED) is 0.166. The molecule has 0 N–H and O–H groups in total. The molecule has 5 heteroatoms. The summed E-state index contributed by atoms with van der Waals surface area (Å²) in [6.07, 6.45) is 11.7. The molecule has 0 saturated heterocycles. The first-order valence-corrected chi connectivity index (χ1v) is 18.3. The van der Waals surface area contributed by atoms with Gasteiger partial charge in [-0.25, -0.2) is 15.0 Å². The maximum absolute atomic E-state index is 9.90. The smallest absolute Gasteiger partial charge is 0.164 e. The standard InChI is InChI=1S/C49H35N5/c50-33-34-20-30-43(35-25-28-42(29-26-35)54-45-19-11-10-14-38(45)27-31-46(54)37-12-4-1-5-13-37)44(32-34)36-21-23-41(24-22-36)49-52-47(39-15-6-2-7-16-39)51-48(53-49)40-17-8-3-9-18-40/h1-2,4-8,10-26,28-32H,3,9,27H2. The lowest BCUT2D eigenvalue weighted by molar-refractivity contribution is 1.01. The lowest BCUT2D eigenvalue weighted by atomic mass is 9.92. The number of para-hydroxylation sites is 1. The van der Waals surface area contributed by atoms with E-state index in [0.717, 1.165) is 63.9 Å². The lowest BCUT2D eigenvalue weighted by Crippen LogP contribution is -2.20. The van der Waals surface area contributed by atoms with Crippen molar-refractivity contribution in [3.63, 3.8) is 0 Å². The minimum atomic E-state index is 0.612. The van der Waals surface area contributed by atoms with Crippen molar-refractivity contribution < 1.29 is 0 Å². The van der Waals surface area contributed by atoms with Gasteiger partial charge in [-0.2, -0.15) is 5.26 Å². The maximum atomic E-state index is 9.90. The fraction of sp³-hybridized carbons (Fsp3) is 0.0612. The van der Waals surface area contributed by atoms with Gasteiger partial charge in [0.25, 0.3) is 0 Å². The molecule has 9 rings (SSSR count). The molecule has 0 bridgehead atoms. The summed E-state index contributed by atoms with van der Waals surface area (Å²) in [6.45, 7) is 0. The van der Waals surface area contributed by atoms with Gasteiger partial charge >= 0.3 is 0 Å². The molecular formula is C49H35N5. The van der Waals surface area contributed by atoms with Gasteiger partial charge in [0, 0.05) is 33.8 Å². The molecule has 6 aromatic carbocycles. The average Bonchev–Trinajstić information content (AvgIpc) is 3.26. The molecule has 5 nitrogen and oxygen atoms in total. The molecule has 0 spiro atoms. The molecule has 0 amide bonds. The van der Waals surface area contributed by atoms with E-state index in [-0.39, 0.29) is 0 Å². The Labute approximate surface area is 315 Å². The molecule has 1 aromatic heterocycles. The SMILES string of the molecule is N#Cc1ccc(-c2ccc(N3C(c4ccccc4)=CCc4ccccc43)cc2)c(-c2ccc(-c3nc(C4=CCCC=C4)nc(-c4ccccc4)n3)cc2)c1. The van der Waals surface area contributed by atoms with E-state index in [4.69, 9.17) is 15.0 Å². The van der Waals surface area contributed by atoms with Crippen molar-refractivity contribution in [2.24, 2.45) is 0 Å². The first-order chi connectivity index (χ1) is 26.7. The fourth-order valence-electron chi connectivity index (χ4n) is 7.29. The Morgan fingerprint density at radius 2 is 1.13 bits per heavy atom. The molecular weight excluding hydrogens is 659 g/mol. The summed E-state index contributed by atoms with van der Waals surface area (Å²) in [5.74, 6) is 1.94. The first kappa shape index (κ1) is 32.7. The second kappa shape index (κ2) is 14.5. The van der Waals surface area contributed by atoms with Crippen LogP contribution in [0.3, 0.4) is 0 Å². The fourth-order valence-corrected chi connectivity index (χ4v) is 7.29. The zero-order chi connectivity index (χ0) is 36.3. The number of allylic oxidation sites excluding steroid dienone is 5. The van der Waals surface area contributed by atoms with E-state index in [1.165, 1.54) is 22.5 Å². The van der Waals surface area contributed by atoms with Gasteiger partial charge in [-0.15, -0.1) is 0 Å². The Hall–Kier alpha value is -7.16. The van der Waals surface area contributed by atoms with E-state index < -0.39 is 0 Å². The van der Waals surface area contributed by atoms with Crippen LogP contribution in [-0.2, 0) is 6.42 Å². The van der Waals surface area contributed by atoms with Crippen LogP contribution in [0.15, 0.2) is 176 Å².